The average molecular weight is 613 g/mol. The number of hydrogen-bond acceptors (Lipinski definition) is 8. The molecule has 2 aliphatic rings. The SMILES string of the molecule is C1CCC(NC2CCCCC2)CC1.COc1cc(OC)cc(C(C)(C)OC(=O)N[C@@H](CSSC(C)(C)C)C(=O)O)c1. The number of methoxy groups -OCH3 is 2. The molecule has 2 saturated carbocycles. The van der Waals surface area contributed by atoms with Crippen LogP contribution < -0.4 is 20.1 Å². The lowest BCUT2D eigenvalue weighted by Gasteiger charge is -2.30. The maximum absolute atomic E-state index is 12.3. The van der Waals surface area contributed by atoms with Crippen molar-refractivity contribution in [3.8, 4) is 11.5 Å². The Bertz CT molecular complexity index is 903. The summed E-state index contributed by atoms with van der Waals surface area (Å²) in [6.45, 7) is 9.52. The molecule has 2 aliphatic carbocycles. The van der Waals surface area contributed by atoms with Gasteiger partial charge in [-0.25, -0.2) is 9.59 Å². The molecule has 3 rings (SSSR count). The van der Waals surface area contributed by atoms with Gasteiger partial charge in [-0.2, -0.15) is 0 Å². The topological polar surface area (TPSA) is 106 Å². The lowest BCUT2D eigenvalue weighted by molar-refractivity contribution is -0.138. The van der Waals surface area contributed by atoms with Crippen molar-refractivity contribution in [3.63, 3.8) is 0 Å². The molecule has 1 aromatic carbocycles. The van der Waals surface area contributed by atoms with Crippen LogP contribution in [0.3, 0.4) is 0 Å². The molecular formula is C31H52N2O6S2. The van der Waals surface area contributed by atoms with Gasteiger partial charge in [0.1, 0.15) is 23.1 Å². The number of rotatable bonds is 11. The standard InChI is InChI=1S/C19H29NO6S2.C12H23N/c1-18(2,3)28-27-11-15(16(21)22)20-17(23)26-19(4,5)12-8-13(24-6)10-14(9-12)25-7;1-3-7-11(8-4-1)13-12-9-5-2-6-10-12/h8-10,15H,11H2,1-7H3,(H,20,23)(H,21,22);11-13H,1-10H2/t15-;/m0./s1. The number of alkyl carbamates (subject to hydrolysis) is 1. The van der Waals surface area contributed by atoms with Crippen LogP contribution in [0.25, 0.3) is 0 Å². The van der Waals surface area contributed by atoms with Crippen molar-refractivity contribution in [3.05, 3.63) is 23.8 Å². The molecule has 3 N–H and O–H groups in total. The van der Waals surface area contributed by atoms with Crippen LogP contribution in [0.2, 0.25) is 0 Å². The zero-order chi connectivity index (χ0) is 30.5. The molecule has 2 fully saturated rings. The number of hydrogen-bond donors (Lipinski definition) is 3. The number of benzene rings is 1. The van der Waals surface area contributed by atoms with Crippen molar-refractivity contribution >= 4 is 33.7 Å². The first-order valence-corrected chi connectivity index (χ1v) is 17.2. The molecule has 10 heteroatoms. The molecule has 0 saturated heterocycles. The molecule has 0 bridgehead atoms. The highest BCUT2D eigenvalue weighted by atomic mass is 33.1. The molecule has 0 heterocycles. The molecule has 1 aromatic rings. The van der Waals surface area contributed by atoms with E-state index in [-0.39, 0.29) is 10.5 Å². The van der Waals surface area contributed by atoms with Gasteiger partial charge < -0.3 is 30.0 Å². The third-order valence-corrected chi connectivity index (χ3v) is 10.6. The monoisotopic (exact) mass is 612 g/mol. The second-order valence-corrected chi connectivity index (χ2v) is 15.5. The van der Waals surface area contributed by atoms with Crippen molar-refractivity contribution in [1.82, 2.24) is 10.6 Å². The van der Waals surface area contributed by atoms with Crippen LogP contribution in [0, 0.1) is 0 Å². The predicted molar refractivity (Wildman–Crippen MR) is 170 cm³/mol. The number of carbonyl (C=O) groups excluding carboxylic acids is 1. The van der Waals surface area contributed by atoms with Crippen LogP contribution in [0.4, 0.5) is 4.79 Å². The molecule has 0 aromatic heterocycles. The highest BCUT2D eigenvalue weighted by molar-refractivity contribution is 8.77. The van der Waals surface area contributed by atoms with E-state index in [1.807, 2.05) is 20.8 Å². The number of nitrogens with one attached hydrogen (secondary N) is 2. The van der Waals surface area contributed by atoms with Crippen LogP contribution in [0.5, 0.6) is 11.5 Å². The Kier molecular flexibility index (Phi) is 15.0. The van der Waals surface area contributed by atoms with Gasteiger partial charge in [-0.15, -0.1) is 0 Å². The first kappa shape index (κ1) is 35.4. The molecule has 1 amide bonds. The largest absolute Gasteiger partial charge is 0.497 e. The van der Waals surface area contributed by atoms with Gasteiger partial charge in [0.25, 0.3) is 0 Å². The molecule has 234 valence electrons. The van der Waals surface area contributed by atoms with Gasteiger partial charge in [-0.3, -0.25) is 0 Å². The molecule has 0 unspecified atom stereocenters. The van der Waals surface area contributed by atoms with Crippen LogP contribution in [0.15, 0.2) is 18.2 Å². The third-order valence-electron chi connectivity index (χ3n) is 7.21. The zero-order valence-corrected chi connectivity index (χ0v) is 27.7. The molecule has 1 atom stereocenters. The number of carboxylic acids is 1. The Morgan fingerprint density at radius 2 is 1.37 bits per heavy atom. The summed E-state index contributed by atoms with van der Waals surface area (Å²) in [7, 11) is 6.02. The van der Waals surface area contributed by atoms with E-state index in [1.54, 1.807) is 42.8 Å². The highest BCUT2D eigenvalue weighted by Crippen LogP contribution is 2.35. The minimum absolute atomic E-state index is 0.0123. The van der Waals surface area contributed by atoms with E-state index in [0.717, 1.165) is 12.1 Å². The van der Waals surface area contributed by atoms with Crippen LogP contribution in [0.1, 0.15) is 104 Å². The van der Waals surface area contributed by atoms with Gasteiger partial charge in [0.05, 0.1) is 14.2 Å². The van der Waals surface area contributed by atoms with Gasteiger partial charge in [-0.05, 0) is 51.7 Å². The summed E-state index contributed by atoms with van der Waals surface area (Å²) in [5.74, 6) is 0.232. The van der Waals surface area contributed by atoms with Crippen molar-refractivity contribution < 1.29 is 28.9 Å². The number of ether oxygens (including phenoxy) is 3. The Hall–Kier alpha value is -1.78. The minimum Gasteiger partial charge on any atom is -0.497 e. The zero-order valence-electron chi connectivity index (χ0n) is 26.0. The predicted octanol–water partition coefficient (Wildman–Crippen LogP) is 7.54. The maximum Gasteiger partial charge on any atom is 0.408 e. The van der Waals surface area contributed by atoms with Crippen LogP contribution >= 0.6 is 21.6 Å². The first-order chi connectivity index (χ1) is 19.3. The lowest BCUT2D eigenvalue weighted by atomic mass is 9.91. The van der Waals surface area contributed by atoms with Gasteiger partial charge in [0.2, 0.25) is 0 Å². The quantitative estimate of drug-likeness (QED) is 0.219. The second kappa shape index (κ2) is 17.4. The molecule has 0 spiro atoms. The number of carboxylic acid groups (broad SMARTS) is 1. The Labute approximate surface area is 255 Å². The van der Waals surface area contributed by atoms with Crippen molar-refractivity contribution in [2.45, 2.75) is 127 Å². The summed E-state index contributed by atoms with van der Waals surface area (Å²) in [6, 6.07) is 5.88. The fourth-order valence-corrected chi connectivity index (χ4v) is 7.40. The highest BCUT2D eigenvalue weighted by Gasteiger charge is 2.30. The minimum atomic E-state index is -1.11. The van der Waals surface area contributed by atoms with Crippen LogP contribution in [-0.2, 0) is 15.1 Å². The number of aliphatic carboxylic acids is 1. The Morgan fingerprint density at radius 1 is 0.878 bits per heavy atom. The van der Waals surface area contributed by atoms with Gasteiger partial charge >= 0.3 is 12.1 Å². The van der Waals surface area contributed by atoms with Gasteiger partial charge in [0.15, 0.2) is 0 Å². The van der Waals surface area contributed by atoms with Crippen molar-refractivity contribution in [1.29, 1.82) is 0 Å². The second-order valence-electron chi connectivity index (χ2n) is 12.4. The van der Waals surface area contributed by atoms with Crippen molar-refractivity contribution in [2.75, 3.05) is 20.0 Å². The summed E-state index contributed by atoms with van der Waals surface area (Å²) in [6.07, 6.45) is 13.8. The van der Waals surface area contributed by atoms with E-state index < -0.39 is 23.7 Å². The number of carbonyl (C=O) groups is 2. The fourth-order valence-electron chi connectivity index (χ4n) is 4.94. The van der Waals surface area contributed by atoms with E-state index in [2.05, 4.69) is 10.6 Å². The van der Waals surface area contributed by atoms with Gasteiger partial charge in [0, 0.05) is 34.2 Å². The molecule has 8 nitrogen and oxygen atoms in total. The summed E-state index contributed by atoms with van der Waals surface area (Å²) in [5, 5.41) is 15.7. The molecule has 41 heavy (non-hydrogen) atoms. The third kappa shape index (κ3) is 13.8. The summed E-state index contributed by atoms with van der Waals surface area (Å²) in [4.78, 5) is 23.8. The van der Waals surface area contributed by atoms with E-state index >= 15 is 0 Å². The summed E-state index contributed by atoms with van der Waals surface area (Å²) in [5.41, 5.74) is -0.370. The molecule has 0 radical (unpaired) electrons. The van der Waals surface area contributed by atoms with E-state index in [0.29, 0.717) is 17.1 Å². The summed E-state index contributed by atoms with van der Waals surface area (Å²) < 4.78 is 16.0. The lowest BCUT2D eigenvalue weighted by Crippen LogP contribution is -2.44. The summed E-state index contributed by atoms with van der Waals surface area (Å²) >= 11 is 0. The van der Waals surface area contributed by atoms with E-state index in [1.165, 1.54) is 89.2 Å². The van der Waals surface area contributed by atoms with Crippen LogP contribution in [-0.4, -0.2) is 60.0 Å². The fraction of sp³-hybridized carbons (Fsp3) is 0.742. The van der Waals surface area contributed by atoms with Crippen molar-refractivity contribution in [2.24, 2.45) is 0 Å². The van der Waals surface area contributed by atoms with Gasteiger partial charge in [-0.1, -0.05) is 80.9 Å². The average Bonchev–Trinajstić information content (AvgIpc) is 2.92. The van der Waals surface area contributed by atoms with E-state index in [4.69, 9.17) is 14.2 Å². The Balaban J connectivity index is 0.000000372. The normalized spacial score (nSPS) is 17.5. The van der Waals surface area contributed by atoms with E-state index in [9.17, 15) is 14.7 Å². The Morgan fingerprint density at radius 3 is 1.78 bits per heavy atom. The smallest absolute Gasteiger partial charge is 0.408 e. The molecule has 0 aliphatic heterocycles. The first-order valence-electron chi connectivity index (χ1n) is 14.9. The maximum atomic E-state index is 12.3. The molecular weight excluding hydrogens is 560 g/mol. The number of amides is 1.